The number of thioether (sulfide) groups is 1. The van der Waals surface area contributed by atoms with Crippen LogP contribution in [0.25, 0.3) is 10.2 Å². The zero-order chi connectivity index (χ0) is 19.1. The van der Waals surface area contributed by atoms with Gasteiger partial charge in [0, 0.05) is 26.8 Å². The Labute approximate surface area is 175 Å². The number of aromatic nitrogens is 2. The predicted molar refractivity (Wildman–Crippen MR) is 114 cm³/mol. The third-order valence-electron chi connectivity index (χ3n) is 5.12. The van der Waals surface area contributed by atoms with Gasteiger partial charge in [-0.1, -0.05) is 11.6 Å². The molecule has 5 rings (SSSR count). The first-order valence-electron chi connectivity index (χ1n) is 9.32. The molecule has 2 aliphatic rings. The van der Waals surface area contributed by atoms with Crippen molar-refractivity contribution >= 4 is 44.9 Å². The minimum atomic E-state index is 0.000571. The Bertz CT molecular complexity index is 1110. The number of fused-ring (bicyclic) bond motifs is 4. The third kappa shape index (κ3) is 3.45. The second-order valence-corrected chi connectivity index (χ2v) is 9.57. The molecule has 146 valence electrons. The molecule has 0 unspecified atom stereocenters. The van der Waals surface area contributed by atoms with E-state index in [9.17, 15) is 4.79 Å². The topological polar surface area (TPSA) is 64.2 Å². The van der Waals surface area contributed by atoms with Gasteiger partial charge in [0.1, 0.15) is 16.4 Å². The first kappa shape index (κ1) is 18.5. The monoisotopic (exact) mass is 434 g/mol. The second kappa shape index (κ2) is 7.71. The zero-order valence-electron chi connectivity index (χ0n) is 15.2. The van der Waals surface area contributed by atoms with Gasteiger partial charge in [-0.25, -0.2) is 4.98 Å². The van der Waals surface area contributed by atoms with Crippen LogP contribution in [-0.2, 0) is 35.7 Å². The molecule has 0 fully saturated rings. The molecular weight excluding hydrogens is 416 g/mol. The smallest absolute Gasteiger partial charge is 0.259 e. The van der Waals surface area contributed by atoms with Crippen LogP contribution in [0.3, 0.4) is 0 Å². The maximum absolute atomic E-state index is 12.7. The van der Waals surface area contributed by atoms with E-state index in [2.05, 4.69) is 4.98 Å². The highest BCUT2D eigenvalue weighted by atomic mass is 35.5. The van der Waals surface area contributed by atoms with Gasteiger partial charge < -0.3 is 14.5 Å². The number of benzene rings is 1. The molecule has 0 spiro atoms. The van der Waals surface area contributed by atoms with Crippen molar-refractivity contribution < 1.29 is 9.47 Å². The highest BCUT2D eigenvalue weighted by Crippen LogP contribution is 2.35. The number of nitrogens with one attached hydrogen (secondary N) is 1. The molecule has 3 aromatic rings. The number of aryl methyl sites for hydroxylation is 2. The quantitative estimate of drug-likeness (QED) is 0.637. The first-order chi connectivity index (χ1) is 13.7. The fourth-order valence-corrected chi connectivity index (χ4v) is 6.31. The molecule has 0 saturated carbocycles. The van der Waals surface area contributed by atoms with Gasteiger partial charge >= 0.3 is 0 Å². The molecule has 1 aliphatic carbocycles. The average Bonchev–Trinajstić information content (AvgIpc) is 3.06. The summed E-state index contributed by atoms with van der Waals surface area (Å²) in [7, 11) is 0. The Hall–Kier alpha value is -1.54. The van der Waals surface area contributed by atoms with Gasteiger partial charge in [-0.2, -0.15) is 0 Å². The normalized spacial score (nSPS) is 15.9. The number of hydrogen-bond acceptors (Lipinski definition) is 6. The van der Waals surface area contributed by atoms with Gasteiger partial charge in [-0.15, -0.1) is 23.1 Å². The van der Waals surface area contributed by atoms with Crippen molar-refractivity contribution in [2.24, 2.45) is 0 Å². The van der Waals surface area contributed by atoms with Gasteiger partial charge in [-0.05, 0) is 43.4 Å². The van der Waals surface area contributed by atoms with Crippen molar-refractivity contribution in [3.05, 3.63) is 54.9 Å². The standard InChI is InChI=1S/C20H19ClN2O3S2/c21-13-5-11-7-25-10-26-18(11)12(6-13)8-27-9-16-22-19(24)17-14-3-1-2-4-15(14)28-20(17)23-16/h5-6H,1-4,7-10H2,(H,22,23,24). The highest BCUT2D eigenvalue weighted by molar-refractivity contribution is 7.97. The molecule has 0 atom stereocenters. The summed E-state index contributed by atoms with van der Waals surface area (Å²) in [5.74, 6) is 2.95. The molecule has 1 aliphatic heterocycles. The maximum Gasteiger partial charge on any atom is 0.259 e. The van der Waals surface area contributed by atoms with E-state index in [1.165, 1.54) is 16.9 Å². The van der Waals surface area contributed by atoms with E-state index in [0.717, 1.165) is 57.9 Å². The Morgan fingerprint density at radius 2 is 2.14 bits per heavy atom. The van der Waals surface area contributed by atoms with Crippen molar-refractivity contribution in [1.29, 1.82) is 0 Å². The Morgan fingerprint density at radius 3 is 3.07 bits per heavy atom. The largest absolute Gasteiger partial charge is 0.467 e. The fraction of sp³-hybridized carbons (Fsp3) is 0.400. The van der Waals surface area contributed by atoms with Crippen molar-refractivity contribution in [3.8, 4) is 5.75 Å². The van der Waals surface area contributed by atoms with E-state index in [1.807, 2.05) is 12.1 Å². The van der Waals surface area contributed by atoms with Crippen LogP contribution in [0, 0.1) is 0 Å². The van der Waals surface area contributed by atoms with Gasteiger partial charge in [0.15, 0.2) is 6.79 Å². The van der Waals surface area contributed by atoms with E-state index < -0.39 is 0 Å². The van der Waals surface area contributed by atoms with Crippen LogP contribution in [0.5, 0.6) is 5.75 Å². The summed E-state index contributed by atoms with van der Waals surface area (Å²) in [6, 6.07) is 3.82. The molecule has 5 nitrogen and oxygen atoms in total. The molecule has 0 bridgehead atoms. The Morgan fingerprint density at radius 1 is 1.25 bits per heavy atom. The Kier molecular flexibility index (Phi) is 5.09. The van der Waals surface area contributed by atoms with E-state index >= 15 is 0 Å². The first-order valence-corrected chi connectivity index (χ1v) is 11.7. The minimum absolute atomic E-state index is 0.000571. The molecule has 1 N–H and O–H groups in total. The number of hydrogen-bond donors (Lipinski definition) is 1. The summed E-state index contributed by atoms with van der Waals surface area (Å²) in [5.41, 5.74) is 3.25. The number of H-pyrrole nitrogens is 1. The van der Waals surface area contributed by atoms with E-state index in [-0.39, 0.29) is 12.4 Å². The fourth-order valence-electron chi connectivity index (χ4n) is 3.90. The molecule has 3 heterocycles. The van der Waals surface area contributed by atoms with Gasteiger partial charge in [-0.3, -0.25) is 4.79 Å². The number of rotatable bonds is 4. The molecule has 28 heavy (non-hydrogen) atoms. The summed E-state index contributed by atoms with van der Waals surface area (Å²) >= 11 is 9.61. The molecule has 0 radical (unpaired) electrons. The van der Waals surface area contributed by atoms with Crippen LogP contribution in [0.4, 0.5) is 0 Å². The van der Waals surface area contributed by atoms with E-state index in [4.69, 9.17) is 26.1 Å². The van der Waals surface area contributed by atoms with Crippen LogP contribution in [0.15, 0.2) is 16.9 Å². The van der Waals surface area contributed by atoms with Gasteiger partial charge in [0.05, 0.1) is 17.7 Å². The van der Waals surface area contributed by atoms with Crippen molar-refractivity contribution in [1.82, 2.24) is 9.97 Å². The summed E-state index contributed by atoms with van der Waals surface area (Å²) in [5, 5.41) is 1.49. The predicted octanol–water partition coefficient (Wildman–Crippen LogP) is 4.82. The van der Waals surface area contributed by atoms with Crippen LogP contribution in [-0.4, -0.2) is 16.8 Å². The lowest BCUT2D eigenvalue weighted by Gasteiger charge is -2.21. The van der Waals surface area contributed by atoms with Crippen LogP contribution >= 0.6 is 34.7 Å². The number of nitrogens with zero attached hydrogens (tertiary/aromatic N) is 1. The lowest BCUT2D eigenvalue weighted by Crippen LogP contribution is -2.13. The van der Waals surface area contributed by atoms with Crippen LogP contribution < -0.4 is 10.3 Å². The van der Waals surface area contributed by atoms with Gasteiger partial charge in [0.25, 0.3) is 5.56 Å². The van der Waals surface area contributed by atoms with Crippen molar-refractivity contribution in [2.45, 2.75) is 43.8 Å². The lowest BCUT2D eigenvalue weighted by molar-refractivity contribution is -0.0168. The second-order valence-electron chi connectivity index (χ2n) is 7.06. The summed E-state index contributed by atoms with van der Waals surface area (Å²) < 4.78 is 11.0. The highest BCUT2D eigenvalue weighted by Gasteiger charge is 2.20. The minimum Gasteiger partial charge on any atom is -0.467 e. The number of halogens is 1. The summed E-state index contributed by atoms with van der Waals surface area (Å²) in [6.07, 6.45) is 4.44. The van der Waals surface area contributed by atoms with E-state index in [0.29, 0.717) is 17.4 Å². The molecule has 2 aromatic heterocycles. The molecular formula is C20H19ClN2O3S2. The molecule has 0 amide bonds. The Balaban J connectivity index is 1.36. The summed E-state index contributed by atoms with van der Waals surface area (Å²) in [4.78, 5) is 22.6. The zero-order valence-corrected chi connectivity index (χ0v) is 17.6. The number of aromatic amines is 1. The van der Waals surface area contributed by atoms with Crippen molar-refractivity contribution in [3.63, 3.8) is 0 Å². The maximum atomic E-state index is 12.7. The summed E-state index contributed by atoms with van der Waals surface area (Å²) in [6.45, 7) is 0.781. The van der Waals surface area contributed by atoms with Crippen LogP contribution in [0.1, 0.15) is 40.2 Å². The third-order valence-corrected chi connectivity index (χ3v) is 7.52. The molecule has 8 heteroatoms. The molecule has 0 saturated heterocycles. The lowest BCUT2D eigenvalue weighted by atomic mass is 9.97. The van der Waals surface area contributed by atoms with Gasteiger partial charge in [0.2, 0.25) is 0 Å². The van der Waals surface area contributed by atoms with Crippen LogP contribution in [0.2, 0.25) is 5.02 Å². The number of thiophene rings is 1. The average molecular weight is 435 g/mol. The van der Waals surface area contributed by atoms with E-state index in [1.54, 1.807) is 23.1 Å². The SMILES string of the molecule is O=c1[nH]c(CSCc2cc(Cl)cc3c2OCOC3)nc2sc3c(c12)CCCC3. The molecule has 1 aromatic carbocycles. The van der Waals surface area contributed by atoms with Crippen molar-refractivity contribution in [2.75, 3.05) is 6.79 Å². The number of ether oxygens (including phenoxy) is 2.